The normalized spacial score (nSPS) is 11.6. The standard InChI is InChI=1S/C25H23ClN2O3/c1-25(2,15-26)24(30)27-18-13-14-20(31-16-9-5-4-6-10-16)21-22(18)28(3)19-12-8-7-11-17(19)23(21)29/h4-14H,15H2,1-3H3,(H,27,30). The van der Waals surface area contributed by atoms with Gasteiger partial charge in [-0.25, -0.2) is 0 Å². The Labute approximate surface area is 185 Å². The smallest absolute Gasteiger partial charge is 0.231 e. The van der Waals surface area contributed by atoms with Crippen LogP contribution < -0.4 is 15.5 Å². The first-order chi connectivity index (χ1) is 14.8. The first-order valence-electron chi connectivity index (χ1n) is 9.98. The van der Waals surface area contributed by atoms with Gasteiger partial charge in [0.15, 0.2) is 0 Å². The third-order valence-corrected chi connectivity index (χ3v) is 6.05. The molecule has 1 N–H and O–H groups in total. The van der Waals surface area contributed by atoms with Gasteiger partial charge in [-0.05, 0) is 50.2 Å². The molecule has 5 nitrogen and oxygen atoms in total. The van der Waals surface area contributed by atoms with Crippen molar-refractivity contribution in [3.8, 4) is 11.5 Å². The average Bonchev–Trinajstić information content (AvgIpc) is 2.78. The molecule has 158 valence electrons. The topological polar surface area (TPSA) is 60.3 Å². The minimum Gasteiger partial charge on any atom is -0.457 e. The van der Waals surface area contributed by atoms with E-state index in [0.717, 1.165) is 5.52 Å². The zero-order valence-corrected chi connectivity index (χ0v) is 18.4. The van der Waals surface area contributed by atoms with Crippen LogP contribution in [0.2, 0.25) is 0 Å². The second-order valence-electron chi connectivity index (χ2n) is 8.13. The van der Waals surface area contributed by atoms with Crippen molar-refractivity contribution in [1.82, 2.24) is 4.57 Å². The van der Waals surface area contributed by atoms with E-state index in [2.05, 4.69) is 5.32 Å². The highest BCUT2D eigenvalue weighted by molar-refractivity contribution is 6.20. The minimum absolute atomic E-state index is 0.151. The number of benzene rings is 3. The number of anilines is 1. The summed E-state index contributed by atoms with van der Waals surface area (Å²) >= 11 is 5.99. The van der Waals surface area contributed by atoms with Crippen LogP contribution in [0.25, 0.3) is 21.8 Å². The fourth-order valence-electron chi connectivity index (χ4n) is 3.51. The van der Waals surface area contributed by atoms with E-state index in [4.69, 9.17) is 16.3 Å². The Hall–Kier alpha value is -3.31. The predicted molar refractivity (Wildman–Crippen MR) is 126 cm³/mol. The zero-order chi connectivity index (χ0) is 22.2. The average molecular weight is 435 g/mol. The predicted octanol–water partition coefficient (Wildman–Crippen LogP) is 5.69. The van der Waals surface area contributed by atoms with Crippen LogP contribution in [0.5, 0.6) is 11.5 Å². The number of nitrogens with one attached hydrogen (secondary N) is 1. The van der Waals surface area contributed by atoms with Crippen molar-refractivity contribution in [3.05, 3.63) is 77.0 Å². The molecule has 4 aromatic rings. The second-order valence-corrected chi connectivity index (χ2v) is 8.39. The van der Waals surface area contributed by atoms with Crippen molar-refractivity contribution in [2.75, 3.05) is 11.2 Å². The molecule has 0 atom stereocenters. The van der Waals surface area contributed by atoms with Gasteiger partial charge < -0.3 is 14.6 Å². The van der Waals surface area contributed by atoms with Gasteiger partial charge in [-0.3, -0.25) is 9.59 Å². The molecule has 1 heterocycles. The molecule has 0 spiro atoms. The SMILES string of the molecule is Cn1c2ccccc2c(=O)c2c(Oc3ccccc3)ccc(NC(=O)C(C)(C)CCl)c21. The maximum atomic E-state index is 13.5. The zero-order valence-electron chi connectivity index (χ0n) is 17.6. The van der Waals surface area contributed by atoms with Gasteiger partial charge in [0.25, 0.3) is 0 Å². The third-order valence-electron chi connectivity index (χ3n) is 5.38. The first-order valence-corrected chi connectivity index (χ1v) is 10.5. The number of amides is 1. The maximum Gasteiger partial charge on any atom is 0.231 e. The number of halogens is 1. The second kappa shape index (κ2) is 8.08. The number of hydrogen-bond donors (Lipinski definition) is 1. The van der Waals surface area contributed by atoms with Gasteiger partial charge in [0.05, 0.1) is 27.5 Å². The number of fused-ring (bicyclic) bond motifs is 2. The van der Waals surface area contributed by atoms with Crippen molar-refractivity contribution in [2.24, 2.45) is 12.5 Å². The number of carbonyl (C=O) groups is 1. The molecule has 4 rings (SSSR count). The summed E-state index contributed by atoms with van der Waals surface area (Å²) in [4.78, 5) is 26.3. The number of hydrogen-bond acceptors (Lipinski definition) is 3. The fourth-order valence-corrected chi connectivity index (χ4v) is 3.63. The van der Waals surface area contributed by atoms with E-state index in [9.17, 15) is 9.59 Å². The molecule has 0 aliphatic rings. The van der Waals surface area contributed by atoms with Crippen LogP contribution in [-0.4, -0.2) is 16.4 Å². The summed E-state index contributed by atoms with van der Waals surface area (Å²) in [6.07, 6.45) is 0. The van der Waals surface area contributed by atoms with Gasteiger partial charge in [0, 0.05) is 18.3 Å². The molecule has 1 amide bonds. The summed E-state index contributed by atoms with van der Waals surface area (Å²) in [5.41, 5.74) is 0.981. The van der Waals surface area contributed by atoms with Crippen molar-refractivity contribution in [3.63, 3.8) is 0 Å². The summed E-state index contributed by atoms with van der Waals surface area (Å²) in [6, 6.07) is 20.2. The van der Waals surface area contributed by atoms with Gasteiger partial charge in [0.1, 0.15) is 11.5 Å². The fraction of sp³-hybridized carbons (Fsp3) is 0.200. The number of pyridine rings is 1. The Bertz CT molecular complexity index is 1340. The molecule has 31 heavy (non-hydrogen) atoms. The summed E-state index contributed by atoms with van der Waals surface area (Å²) in [5.74, 6) is 1.01. The van der Waals surface area contributed by atoms with Crippen LogP contribution in [0.3, 0.4) is 0 Å². The summed E-state index contributed by atoms with van der Waals surface area (Å²) in [6.45, 7) is 3.55. The number of aryl methyl sites for hydroxylation is 1. The lowest BCUT2D eigenvalue weighted by molar-refractivity contribution is -0.122. The van der Waals surface area contributed by atoms with Crippen LogP contribution in [0.1, 0.15) is 13.8 Å². The Balaban J connectivity index is 1.99. The number of ether oxygens (including phenoxy) is 1. The van der Waals surface area contributed by atoms with Crippen LogP contribution >= 0.6 is 11.6 Å². The van der Waals surface area contributed by atoms with Crippen molar-refractivity contribution < 1.29 is 9.53 Å². The number of carbonyl (C=O) groups excluding carboxylic acids is 1. The lowest BCUT2D eigenvalue weighted by Crippen LogP contribution is -2.32. The summed E-state index contributed by atoms with van der Waals surface area (Å²) < 4.78 is 7.99. The van der Waals surface area contributed by atoms with Crippen molar-refractivity contribution >= 4 is 45.0 Å². The van der Waals surface area contributed by atoms with E-state index >= 15 is 0 Å². The monoisotopic (exact) mass is 434 g/mol. The number of nitrogens with zero attached hydrogens (tertiary/aromatic N) is 1. The highest BCUT2D eigenvalue weighted by Gasteiger charge is 2.28. The van der Waals surface area contributed by atoms with Gasteiger partial charge in [-0.2, -0.15) is 0 Å². The third kappa shape index (κ3) is 3.77. The Morgan fingerprint density at radius 2 is 1.71 bits per heavy atom. The van der Waals surface area contributed by atoms with Crippen molar-refractivity contribution in [1.29, 1.82) is 0 Å². The molecule has 0 aliphatic carbocycles. The molecule has 0 aliphatic heterocycles. The lowest BCUT2D eigenvalue weighted by atomic mass is 9.95. The van der Waals surface area contributed by atoms with Crippen LogP contribution in [-0.2, 0) is 11.8 Å². The number of aromatic nitrogens is 1. The van der Waals surface area contributed by atoms with Crippen molar-refractivity contribution in [2.45, 2.75) is 13.8 Å². The van der Waals surface area contributed by atoms with E-state index in [1.54, 1.807) is 32.0 Å². The van der Waals surface area contributed by atoms with E-state index in [1.165, 1.54) is 0 Å². The quantitative estimate of drug-likeness (QED) is 0.324. The summed E-state index contributed by atoms with van der Waals surface area (Å²) in [7, 11) is 1.87. The Morgan fingerprint density at radius 1 is 1.03 bits per heavy atom. The lowest BCUT2D eigenvalue weighted by Gasteiger charge is -2.22. The maximum absolute atomic E-state index is 13.5. The molecule has 0 bridgehead atoms. The van der Waals surface area contributed by atoms with Gasteiger partial charge >= 0.3 is 0 Å². The van der Waals surface area contributed by atoms with E-state index in [-0.39, 0.29) is 17.2 Å². The van der Waals surface area contributed by atoms with Crippen LogP contribution in [0.15, 0.2) is 71.5 Å². The first kappa shape index (κ1) is 20.9. The largest absolute Gasteiger partial charge is 0.457 e. The molecule has 3 aromatic carbocycles. The minimum atomic E-state index is -0.761. The molecule has 0 radical (unpaired) electrons. The van der Waals surface area contributed by atoms with Crippen LogP contribution in [0, 0.1) is 5.41 Å². The Kier molecular flexibility index (Phi) is 5.46. The number of para-hydroxylation sites is 2. The molecular weight excluding hydrogens is 412 g/mol. The number of rotatable bonds is 5. The van der Waals surface area contributed by atoms with Gasteiger partial charge in [-0.1, -0.05) is 30.3 Å². The highest BCUT2D eigenvalue weighted by Crippen LogP contribution is 2.35. The van der Waals surface area contributed by atoms with E-state index < -0.39 is 5.41 Å². The van der Waals surface area contributed by atoms with E-state index in [0.29, 0.717) is 33.5 Å². The summed E-state index contributed by atoms with van der Waals surface area (Å²) in [5, 5.41) is 3.95. The Morgan fingerprint density at radius 3 is 2.42 bits per heavy atom. The molecule has 6 heteroatoms. The van der Waals surface area contributed by atoms with Gasteiger partial charge in [-0.15, -0.1) is 11.6 Å². The molecule has 0 fully saturated rings. The van der Waals surface area contributed by atoms with Crippen LogP contribution in [0.4, 0.5) is 5.69 Å². The number of alkyl halides is 1. The molecular formula is C25H23ClN2O3. The highest BCUT2D eigenvalue weighted by atomic mass is 35.5. The molecule has 1 aromatic heterocycles. The molecule has 0 saturated carbocycles. The molecule has 0 saturated heterocycles. The molecule has 0 unspecified atom stereocenters. The van der Waals surface area contributed by atoms with Gasteiger partial charge in [0.2, 0.25) is 11.3 Å². The van der Waals surface area contributed by atoms with E-state index in [1.807, 2.05) is 60.1 Å².